The molecule has 502 valence electrons. The van der Waals surface area contributed by atoms with Gasteiger partial charge < -0.3 is 19.7 Å². The zero-order valence-corrected chi connectivity index (χ0v) is 67.4. The first-order valence-corrected chi connectivity index (χ1v) is 38.1. The van der Waals surface area contributed by atoms with Crippen LogP contribution >= 0.6 is 57.5 Å². The maximum absolute atomic E-state index is 10.8. The monoisotopic (exact) mass is 1630 g/mol. The zero-order chi connectivity index (χ0) is 68.3. The fraction of sp³-hybridized carbons (Fsp3) is 0.290. The Morgan fingerprint density at radius 1 is 0.432 bits per heavy atom. The van der Waals surface area contributed by atoms with Crippen LogP contribution in [0.4, 0.5) is 22.7 Å². The Kier molecular flexibility index (Phi) is 57.8. The van der Waals surface area contributed by atoms with Crippen LogP contribution in [0.25, 0.3) is 0 Å². The summed E-state index contributed by atoms with van der Waals surface area (Å²) in [5.41, 5.74) is -0.267. The van der Waals surface area contributed by atoms with E-state index in [1.54, 1.807) is 22.6 Å². The van der Waals surface area contributed by atoms with Gasteiger partial charge in [0.1, 0.15) is 0 Å². The molecule has 2 radical (unpaired) electrons. The average Bonchev–Trinajstić information content (AvgIpc) is 0.932. The summed E-state index contributed by atoms with van der Waals surface area (Å²) >= 11 is 1.68. The maximum Gasteiger partial charge on any atom is 0 e. The quantitative estimate of drug-likeness (QED) is 0.00576. The Hall–Kier alpha value is -3.12. The first-order chi connectivity index (χ1) is 45.0. The molecule has 8 aromatic rings. The van der Waals surface area contributed by atoms with Crippen molar-refractivity contribution in [2.75, 3.05) is 0 Å². The van der Waals surface area contributed by atoms with Crippen LogP contribution in [-0.4, -0.2) is 151 Å². The van der Waals surface area contributed by atoms with E-state index in [-0.39, 0.29) is 141 Å². The second-order valence-corrected chi connectivity index (χ2v) is 28.5. The molecule has 0 heterocycles. The molecule has 95 heavy (non-hydrogen) atoms. The molecular formula is C69H81BCl2IK2N4O13P2Pd-. The summed E-state index contributed by atoms with van der Waals surface area (Å²) in [6, 6.07) is 72.0. The summed E-state index contributed by atoms with van der Waals surface area (Å²) in [5.74, 6) is 0. The number of non-ortho nitro benzene ring substituents is 4. The largest absolute Gasteiger partial charge is 0.0622 e. The summed E-state index contributed by atoms with van der Waals surface area (Å²) in [6.07, 6.45) is 20.6. The second kappa shape index (κ2) is 59.7. The van der Waals surface area contributed by atoms with E-state index in [4.69, 9.17) is 39.2 Å². The molecule has 0 bridgehead atoms. The van der Waals surface area contributed by atoms with Crippen LogP contribution in [0.1, 0.15) is 122 Å². The van der Waals surface area contributed by atoms with Gasteiger partial charge in [-0.05, 0) is 101 Å². The molecule has 3 N–H and O–H groups in total. The van der Waals surface area contributed by atoms with Crippen molar-refractivity contribution in [1.29, 1.82) is 0 Å². The molecule has 8 rings (SSSR count). The second-order valence-electron chi connectivity index (χ2n) is 20.4. The fourth-order valence-corrected chi connectivity index (χ4v) is 14.3. The first-order valence-electron chi connectivity index (χ1n) is 30.3. The molecule has 0 saturated heterocycles. The van der Waals surface area contributed by atoms with E-state index < -0.39 is 42.7 Å². The van der Waals surface area contributed by atoms with Gasteiger partial charge in [0.15, 0.2) is 0 Å². The Morgan fingerprint density at radius 3 is 0.874 bits per heavy atom. The molecule has 0 aromatic heterocycles. The SMILES string of the molecule is CCCCCCCCCCB(O)O.CCCCCCCCCCc1cc([N+](=O)[O-])cc([N+](=O)[O-])c1.O=[C-]OO.O=[N+]([O-])c1cc(I)cc([N+](=O)[O-])c1.[Cl][Pd][Cl].[K].[K].c1ccc(P(c2ccccc2)c2ccccc2)cc1.c1ccc(P(c2ccccc2)c2ccccc2)cc1. The van der Waals surface area contributed by atoms with Gasteiger partial charge in [-0.25, -0.2) is 5.26 Å². The Morgan fingerprint density at radius 2 is 0.653 bits per heavy atom. The van der Waals surface area contributed by atoms with Crippen molar-refractivity contribution in [2.45, 2.75) is 129 Å². The molecule has 0 amide bonds. The smallest absolute Gasteiger partial charge is 0 e. The van der Waals surface area contributed by atoms with Gasteiger partial charge in [0, 0.05) is 131 Å². The number of unbranched alkanes of at least 4 members (excludes halogenated alkanes) is 14. The average molecular weight is 1630 g/mol. The number of aryl methyl sites for hydroxylation is 1. The van der Waals surface area contributed by atoms with E-state index in [2.05, 4.69) is 201 Å². The van der Waals surface area contributed by atoms with Gasteiger partial charge in [-0.15, -0.1) is 0 Å². The molecule has 0 spiro atoms. The summed E-state index contributed by atoms with van der Waals surface area (Å²) in [6.45, 7) is 5.15. The van der Waals surface area contributed by atoms with E-state index in [0.29, 0.717) is 21.9 Å². The van der Waals surface area contributed by atoms with E-state index in [1.165, 1.54) is 127 Å². The van der Waals surface area contributed by atoms with Crippen LogP contribution in [0.5, 0.6) is 0 Å². The third kappa shape index (κ3) is 42.6. The molecule has 0 unspecified atom stereocenters. The van der Waals surface area contributed by atoms with Crippen LogP contribution < -0.4 is 31.8 Å². The van der Waals surface area contributed by atoms with Gasteiger partial charge in [0.25, 0.3) is 22.7 Å². The predicted molar refractivity (Wildman–Crippen MR) is 399 cm³/mol. The van der Waals surface area contributed by atoms with Crippen LogP contribution in [0.15, 0.2) is 218 Å². The van der Waals surface area contributed by atoms with E-state index in [9.17, 15) is 40.5 Å². The predicted octanol–water partition coefficient (Wildman–Crippen LogP) is 16.9. The van der Waals surface area contributed by atoms with Crippen molar-refractivity contribution in [3.05, 3.63) is 268 Å². The Labute approximate surface area is 677 Å². The van der Waals surface area contributed by atoms with Crippen LogP contribution in [-0.2, 0) is 32.0 Å². The number of nitro benzene ring substituents is 4. The van der Waals surface area contributed by atoms with Crippen molar-refractivity contribution in [2.24, 2.45) is 0 Å². The number of nitro groups is 4. The Bertz CT molecular complexity index is 2930. The summed E-state index contributed by atoms with van der Waals surface area (Å²) in [7, 11) is 7.64. The standard InChI is InChI=1S/2C18H15P.C16H24N2O4.C10H23BO2.C6H3IN2O4.CHO3.2ClH.2K.Pd/c2*1-4-10-16(11-5-1)19(17-12-6-2-7-13-17)18-14-8-3-9-15-18;1-2-3-4-5-6-7-8-9-10-14-11-15(17(19)20)13-16(12-14)18(21)22;1-2-3-4-5-6-7-8-9-10-11(12)13;7-4-1-5(8(10)11)3-6(2-4)9(12)13;2-1-4-3;;;;;/h2*1-15H;11-13H,2-10H2,1H3;12-13H,2-10H2,1H3;1-3H;3H;2*1H;;;/q;;;;;-1;;;;;+2/p-2. The molecule has 0 aliphatic rings. The molecule has 0 aliphatic heterocycles. The summed E-state index contributed by atoms with van der Waals surface area (Å²) < 4.78 is 0.471. The minimum atomic E-state index is -1.10. The van der Waals surface area contributed by atoms with Crippen molar-refractivity contribution < 1.29 is 60.6 Å². The van der Waals surface area contributed by atoms with Crippen molar-refractivity contribution >= 4 is 228 Å². The third-order valence-corrected chi connectivity index (χ3v) is 18.9. The van der Waals surface area contributed by atoms with Crippen LogP contribution in [0.2, 0.25) is 6.32 Å². The number of benzene rings is 8. The van der Waals surface area contributed by atoms with Crippen LogP contribution in [0.3, 0.4) is 0 Å². The minimum absolute atomic E-state index is 0. The summed E-state index contributed by atoms with van der Waals surface area (Å²) in [4.78, 5) is 51.1. The molecule has 0 fully saturated rings. The normalized spacial score (nSPS) is 9.87. The van der Waals surface area contributed by atoms with Gasteiger partial charge in [-0.3, -0.25) is 40.5 Å². The topological polar surface area (TPSA) is 260 Å². The number of hydrogen-bond acceptors (Lipinski definition) is 13. The number of rotatable bonds is 29. The number of hydrogen-bond donors (Lipinski definition) is 3. The number of nitrogens with zero attached hydrogens (tertiary/aromatic N) is 4. The van der Waals surface area contributed by atoms with Crippen molar-refractivity contribution in [1.82, 2.24) is 0 Å². The maximum atomic E-state index is 10.8. The van der Waals surface area contributed by atoms with Crippen molar-refractivity contribution in [3.8, 4) is 0 Å². The molecular weight excluding hydrogens is 1550 g/mol. The van der Waals surface area contributed by atoms with E-state index in [1.807, 2.05) is 0 Å². The van der Waals surface area contributed by atoms with Gasteiger partial charge in [-0.1, -0.05) is 292 Å². The molecule has 0 saturated carbocycles. The molecule has 0 aliphatic carbocycles. The first kappa shape index (κ1) is 91.9. The minimum Gasteiger partial charge on any atom is -0.0622 e. The van der Waals surface area contributed by atoms with Gasteiger partial charge in [0.2, 0.25) is 0 Å². The fourth-order valence-electron chi connectivity index (χ4n) is 9.06. The van der Waals surface area contributed by atoms with Crippen LogP contribution in [0, 0.1) is 44.0 Å². The summed E-state index contributed by atoms with van der Waals surface area (Å²) in [5, 5.41) is 74.7. The van der Waals surface area contributed by atoms with E-state index >= 15 is 0 Å². The Balaban J connectivity index is 0.00000114. The van der Waals surface area contributed by atoms with E-state index in [0.717, 1.165) is 50.7 Å². The van der Waals surface area contributed by atoms with Crippen molar-refractivity contribution in [3.63, 3.8) is 0 Å². The van der Waals surface area contributed by atoms with Gasteiger partial charge in [-0.2, -0.15) is 0 Å². The number of carbonyl (C=O) groups excluding carboxylic acids is 1. The molecule has 8 aromatic carbocycles. The number of halogens is 3. The van der Waals surface area contributed by atoms with Gasteiger partial charge >= 0.3 is 42.1 Å². The molecule has 0 atom stereocenters. The third-order valence-electron chi connectivity index (χ3n) is 13.4. The van der Waals surface area contributed by atoms with Gasteiger partial charge in [0.05, 0.1) is 31.8 Å². The molecule has 17 nitrogen and oxygen atoms in total. The zero-order valence-electron chi connectivity index (χ0n) is 54.1. The molecule has 26 heteroatoms.